The third-order valence-electron chi connectivity index (χ3n) is 5.07. The number of carbonyl (C=O) groups excluding carboxylic acids is 1. The van der Waals surface area contributed by atoms with Gasteiger partial charge >= 0.3 is 5.97 Å². The second-order valence-corrected chi connectivity index (χ2v) is 7.19. The van der Waals surface area contributed by atoms with Gasteiger partial charge in [0.2, 0.25) is 0 Å². The van der Waals surface area contributed by atoms with Crippen molar-refractivity contribution >= 4 is 17.6 Å². The summed E-state index contributed by atoms with van der Waals surface area (Å²) in [6.45, 7) is 4.31. The average molecular weight is 414 g/mol. The number of para-hydroxylation sites is 1. The number of hydrogen-bond donors (Lipinski definition) is 0. The van der Waals surface area contributed by atoms with Gasteiger partial charge in [-0.2, -0.15) is 5.26 Å². The largest absolute Gasteiger partial charge is 0.491 e. The molecule has 0 saturated carbocycles. The van der Waals surface area contributed by atoms with E-state index in [9.17, 15) is 4.79 Å². The summed E-state index contributed by atoms with van der Waals surface area (Å²) in [6.07, 6.45) is 0. The number of esters is 1. The van der Waals surface area contributed by atoms with Gasteiger partial charge in [-0.05, 0) is 23.8 Å². The molecule has 0 amide bonds. The Bertz CT molecular complexity index is 876. The zero-order chi connectivity index (χ0) is 20.6. The number of ether oxygens (including phenoxy) is 2. The SMILES string of the molecule is COC(=O)C(c1ccccc1Cl)N1CCN(CCOc2ccccc2C#N)CC1. The highest BCUT2D eigenvalue weighted by molar-refractivity contribution is 6.31. The zero-order valence-corrected chi connectivity index (χ0v) is 17.1. The molecule has 0 bridgehead atoms. The molecular weight excluding hydrogens is 390 g/mol. The van der Waals surface area contributed by atoms with Crippen molar-refractivity contribution < 1.29 is 14.3 Å². The molecule has 1 heterocycles. The van der Waals surface area contributed by atoms with E-state index in [1.54, 1.807) is 18.2 Å². The number of halogens is 1. The lowest BCUT2D eigenvalue weighted by atomic mass is 10.0. The van der Waals surface area contributed by atoms with Gasteiger partial charge in [0, 0.05) is 37.7 Å². The van der Waals surface area contributed by atoms with Gasteiger partial charge in [0.15, 0.2) is 0 Å². The summed E-state index contributed by atoms with van der Waals surface area (Å²) in [7, 11) is 1.40. The highest BCUT2D eigenvalue weighted by atomic mass is 35.5. The lowest BCUT2D eigenvalue weighted by molar-refractivity contribution is -0.148. The Labute approximate surface area is 176 Å². The van der Waals surface area contributed by atoms with Gasteiger partial charge in [-0.3, -0.25) is 9.80 Å². The standard InChI is InChI=1S/C22H24ClN3O3/c1-28-22(27)21(18-7-3-4-8-19(18)23)26-12-10-25(11-13-26)14-15-29-20-9-5-2-6-17(20)16-24/h2-9,21H,10-15H2,1H3. The molecule has 0 spiro atoms. The Hall–Kier alpha value is -2.59. The number of rotatable bonds is 7. The molecule has 0 radical (unpaired) electrons. The number of piperazine rings is 1. The lowest BCUT2D eigenvalue weighted by Gasteiger charge is -2.38. The predicted octanol–water partition coefficient (Wildman–Crippen LogP) is 3.12. The average Bonchev–Trinajstić information content (AvgIpc) is 2.76. The van der Waals surface area contributed by atoms with E-state index in [4.69, 9.17) is 26.3 Å². The molecule has 1 aliphatic rings. The molecule has 3 rings (SSSR count). The molecule has 0 aliphatic carbocycles. The van der Waals surface area contributed by atoms with E-state index in [2.05, 4.69) is 15.9 Å². The Morgan fingerprint density at radius 3 is 2.52 bits per heavy atom. The van der Waals surface area contributed by atoms with Gasteiger partial charge < -0.3 is 9.47 Å². The Morgan fingerprint density at radius 2 is 1.83 bits per heavy atom. The second-order valence-electron chi connectivity index (χ2n) is 6.78. The quantitative estimate of drug-likeness (QED) is 0.650. The van der Waals surface area contributed by atoms with Crippen molar-refractivity contribution in [2.75, 3.05) is 46.4 Å². The minimum Gasteiger partial charge on any atom is -0.491 e. The van der Waals surface area contributed by atoms with Gasteiger partial charge in [-0.25, -0.2) is 4.79 Å². The lowest BCUT2D eigenvalue weighted by Crippen LogP contribution is -2.50. The van der Waals surface area contributed by atoms with Crippen LogP contribution in [-0.4, -0.2) is 62.2 Å². The number of benzene rings is 2. The second kappa shape index (κ2) is 10.3. The van der Waals surface area contributed by atoms with Gasteiger partial charge in [-0.15, -0.1) is 0 Å². The van der Waals surface area contributed by atoms with Crippen LogP contribution in [-0.2, 0) is 9.53 Å². The van der Waals surface area contributed by atoms with Gasteiger partial charge in [0.1, 0.15) is 24.5 Å². The normalized spacial score (nSPS) is 16.0. The van der Waals surface area contributed by atoms with Crippen LogP contribution in [0.3, 0.4) is 0 Å². The smallest absolute Gasteiger partial charge is 0.327 e. The zero-order valence-electron chi connectivity index (χ0n) is 16.4. The highest BCUT2D eigenvalue weighted by Gasteiger charge is 2.32. The molecule has 152 valence electrons. The van der Waals surface area contributed by atoms with Crippen LogP contribution in [0.5, 0.6) is 5.75 Å². The van der Waals surface area contributed by atoms with Gasteiger partial charge in [0.25, 0.3) is 0 Å². The van der Waals surface area contributed by atoms with Gasteiger partial charge in [-0.1, -0.05) is 41.9 Å². The van der Waals surface area contributed by atoms with E-state index >= 15 is 0 Å². The van der Waals surface area contributed by atoms with Crippen LogP contribution in [0.4, 0.5) is 0 Å². The molecule has 0 N–H and O–H groups in total. The van der Waals surface area contributed by atoms with E-state index < -0.39 is 6.04 Å². The molecule has 2 aromatic carbocycles. The molecule has 7 heteroatoms. The van der Waals surface area contributed by atoms with Crippen molar-refractivity contribution in [3.05, 3.63) is 64.7 Å². The first-order chi connectivity index (χ1) is 14.1. The number of nitriles is 1. The molecule has 6 nitrogen and oxygen atoms in total. The van der Waals surface area contributed by atoms with E-state index in [0.717, 1.165) is 38.3 Å². The fourth-order valence-corrected chi connectivity index (χ4v) is 3.74. The highest BCUT2D eigenvalue weighted by Crippen LogP contribution is 2.29. The van der Waals surface area contributed by atoms with E-state index in [0.29, 0.717) is 22.9 Å². The van der Waals surface area contributed by atoms with E-state index in [1.807, 2.05) is 30.3 Å². The van der Waals surface area contributed by atoms with E-state index in [-0.39, 0.29) is 5.97 Å². The third-order valence-corrected chi connectivity index (χ3v) is 5.41. The molecule has 1 saturated heterocycles. The first-order valence-corrected chi connectivity index (χ1v) is 9.92. The summed E-state index contributed by atoms with van der Waals surface area (Å²) in [4.78, 5) is 16.8. The van der Waals surface area contributed by atoms with Gasteiger partial charge in [0.05, 0.1) is 12.7 Å². The van der Waals surface area contributed by atoms with Crippen LogP contribution < -0.4 is 4.74 Å². The summed E-state index contributed by atoms with van der Waals surface area (Å²) in [5, 5.41) is 9.70. The number of carbonyl (C=O) groups is 1. The topological polar surface area (TPSA) is 65.8 Å². The molecular formula is C22H24ClN3O3. The van der Waals surface area contributed by atoms with Crippen LogP contribution >= 0.6 is 11.6 Å². The first-order valence-electron chi connectivity index (χ1n) is 9.54. The summed E-state index contributed by atoms with van der Waals surface area (Å²) < 4.78 is 10.8. The monoisotopic (exact) mass is 413 g/mol. The number of hydrogen-bond acceptors (Lipinski definition) is 6. The summed E-state index contributed by atoms with van der Waals surface area (Å²) in [5.74, 6) is 0.307. The van der Waals surface area contributed by atoms with Crippen molar-refractivity contribution in [2.24, 2.45) is 0 Å². The minimum atomic E-state index is -0.505. The first kappa shape index (κ1) is 21.1. The molecule has 1 fully saturated rings. The molecule has 1 atom stereocenters. The third kappa shape index (κ3) is 5.27. The maximum absolute atomic E-state index is 12.5. The van der Waals surface area contributed by atoms with Crippen molar-refractivity contribution in [3.63, 3.8) is 0 Å². The Kier molecular flexibility index (Phi) is 7.48. The van der Waals surface area contributed by atoms with Crippen LogP contribution in [0.25, 0.3) is 0 Å². The summed E-state index contributed by atoms with van der Waals surface area (Å²) in [5.41, 5.74) is 1.31. The number of nitrogens with zero attached hydrogens (tertiary/aromatic N) is 3. The van der Waals surface area contributed by atoms with Crippen LogP contribution in [0.1, 0.15) is 17.2 Å². The Morgan fingerprint density at radius 1 is 1.14 bits per heavy atom. The van der Waals surface area contributed by atoms with Crippen molar-refractivity contribution in [1.82, 2.24) is 9.80 Å². The fraction of sp³-hybridized carbons (Fsp3) is 0.364. The molecule has 29 heavy (non-hydrogen) atoms. The summed E-state index contributed by atoms with van der Waals surface area (Å²) >= 11 is 6.34. The molecule has 1 unspecified atom stereocenters. The molecule has 0 aromatic heterocycles. The van der Waals surface area contributed by atoms with E-state index in [1.165, 1.54) is 7.11 Å². The van der Waals surface area contributed by atoms with Crippen LogP contribution in [0, 0.1) is 11.3 Å². The van der Waals surface area contributed by atoms with Crippen molar-refractivity contribution in [1.29, 1.82) is 5.26 Å². The number of methoxy groups -OCH3 is 1. The van der Waals surface area contributed by atoms with Crippen molar-refractivity contribution in [2.45, 2.75) is 6.04 Å². The van der Waals surface area contributed by atoms with Crippen LogP contribution in [0.2, 0.25) is 5.02 Å². The maximum Gasteiger partial charge on any atom is 0.327 e. The summed E-state index contributed by atoms with van der Waals surface area (Å²) in [6, 6.07) is 16.3. The Balaban J connectivity index is 1.55. The molecule has 2 aromatic rings. The maximum atomic E-state index is 12.5. The minimum absolute atomic E-state index is 0.303. The predicted molar refractivity (Wildman–Crippen MR) is 111 cm³/mol. The molecule has 1 aliphatic heterocycles. The van der Waals surface area contributed by atoms with Crippen LogP contribution in [0.15, 0.2) is 48.5 Å². The van der Waals surface area contributed by atoms with Crippen molar-refractivity contribution in [3.8, 4) is 11.8 Å². The fourth-order valence-electron chi connectivity index (χ4n) is 3.50.